The van der Waals surface area contributed by atoms with Crippen LogP contribution in [-0.2, 0) is 26.7 Å². The van der Waals surface area contributed by atoms with E-state index in [9.17, 15) is 0 Å². The molecule has 0 bridgehead atoms. The van der Waals surface area contributed by atoms with Crippen LogP contribution < -0.4 is 61.6 Å². The normalized spacial score (nSPS) is 5.33. The summed E-state index contributed by atoms with van der Waals surface area (Å²) in [6.45, 7) is 5.80. The third kappa shape index (κ3) is 46.3. The molecular weight excluding hydrogens is 230 g/mol. The van der Waals surface area contributed by atoms with Crippen LogP contribution >= 0.6 is 0 Å². The number of carbonyl (C=O) groups excluding carboxylic acids is 2. The van der Waals surface area contributed by atoms with Gasteiger partial charge in [-0.1, -0.05) is 13.2 Å². The molecule has 63 valence electrons. The first-order valence-electron chi connectivity index (χ1n) is 2.21. The van der Waals surface area contributed by atoms with Crippen LogP contribution in [0.4, 0.5) is 0 Å². The molecule has 0 aromatic carbocycles. The van der Waals surface area contributed by atoms with Gasteiger partial charge in [-0.3, -0.25) is 0 Å². The molecule has 0 aromatic heterocycles. The van der Waals surface area contributed by atoms with Crippen LogP contribution in [0.3, 0.4) is 0 Å². The molecule has 1 radical (unpaired) electrons. The van der Waals surface area contributed by atoms with Gasteiger partial charge in [0.1, 0.15) is 0 Å². The Morgan fingerprint density at radius 3 is 1.17 bits per heavy atom. The fourth-order valence-corrected chi connectivity index (χ4v) is 0. The minimum absolute atomic E-state index is 0. The van der Waals surface area contributed by atoms with Gasteiger partial charge in [-0.25, -0.2) is 0 Å². The van der Waals surface area contributed by atoms with Crippen LogP contribution in [0, 0.1) is 0 Å². The van der Waals surface area contributed by atoms with E-state index < -0.39 is 11.9 Å². The zero-order valence-electron chi connectivity index (χ0n) is 7.58. The molecule has 4 nitrogen and oxygen atoms in total. The van der Waals surface area contributed by atoms with Crippen LogP contribution in [0.1, 0.15) is 1.43 Å². The minimum Gasteiger partial charge on any atom is -1.00 e. The van der Waals surface area contributed by atoms with Crippen LogP contribution in [-0.4, -0.2) is 11.9 Å². The van der Waals surface area contributed by atoms with Crippen LogP contribution in [0.15, 0.2) is 25.3 Å². The van der Waals surface area contributed by atoms with Gasteiger partial charge in [-0.2, -0.15) is 0 Å². The topological polar surface area (TPSA) is 80.3 Å². The summed E-state index contributed by atoms with van der Waals surface area (Å²) in [7, 11) is 0. The van der Waals surface area contributed by atoms with Crippen LogP contribution in [0.5, 0.6) is 0 Å². The summed E-state index contributed by atoms with van der Waals surface area (Å²) in [6.07, 6.45) is 1.44. The third-order valence-electron chi connectivity index (χ3n) is 0.333. The van der Waals surface area contributed by atoms with Crippen molar-refractivity contribution < 1.29 is 89.7 Å². The van der Waals surface area contributed by atoms with Crippen molar-refractivity contribution in [1.29, 1.82) is 0 Å². The summed E-state index contributed by atoms with van der Waals surface area (Å²) < 4.78 is 0. The van der Waals surface area contributed by atoms with Gasteiger partial charge in [0.15, 0.2) is 0 Å². The zero-order chi connectivity index (χ0) is 8.57. The first-order chi connectivity index (χ1) is 4.54. The maximum atomic E-state index is 9.14. The van der Waals surface area contributed by atoms with Gasteiger partial charge in [0.25, 0.3) is 0 Å². The van der Waals surface area contributed by atoms with Gasteiger partial charge in [-0.15, -0.1) is 0 Å². The number of hydrogen-bond acceptors (Lipinski definition) is 4. The largest absolute Gasteiger partial charge is 2.00 e. The van der Waals surface area contributed by atoms with Crippen LogP contribution in [0.25, 0.3) is 0 Å². The Kier molecular flexibility index (Phi) is 33.6. The molecule has 6 heteroatoms. The Bertz CT molecular complexity index is 145. The van der Waals surface area contributed by atoms with Crippen LogP contribution in [0.2, 0.25) is 0 Å². The Labute approximate surface area is 125 Å². The Morgan fingerprint density at radius 2 is 1.17 bits per heavy atom. The van der Waals surface area contributed by atoms with E-state index in [1.807, 2.05) is 0 Å². The minimum atomic E-state index is -1.23. The molecule has 0 N–H and O–H groups in total. The molecule has 0 aliphatic carbocycles. The standard InChI is InChI=1S/2C3H4O2.K.Mn.H/c2*1-2-3(4)5;;;/h2*2H,1H2,(H,4,5);;;/q;;+1;+2;-1/p-2. The molecule has 0 amide bonds. The van der Waals surface area contributed by atoms with Crippen molar-refractivity contribution in [3.05, 3.63) is 25.3 Å². The molecule has 0 spiro atoms. The van der Waals surface area contributed by atoms with Crippen molar-refractivity contribution in [2.24, 2.45) is 0 Å². The van der Waals surface area contributed by atoms with E-state index in [-0.39, 0.29) is 69.9 Å². The molecule has 12 heavy (non-hydrogen) atoms. The molecule has 0 unspecified atom stereocenters. The second kappa shape index (κ2) is 17.6. The van der Waals surface area contributed by atoms with Gasteiger partial charge in [0.05, 0.1) is 11.9 Å². The maximum Gasteiger partial charge on any atom is 2.00 e. The fourth-order valence-electron chi connectivity index (χ4n) is 0. The number of carboxylic acid groups (broad SMARTS) is 2. The van der Waals surface area contributed by atoms with E-state index in [0.717, 1.165) is 12.2 Å². The summed E-state index contributed by atoms with van der Waals surface area (Å²) in [5.74, 6) is -2.46. The number of rotatable bonds is 2. The van der Waals surface area contributed by atoms with Gasteiger partial charge < -0.3 is 21.2 Å². The fraction of sp³-hybridized carbons (Fsp3) is 0. The summed E-state index contributed by atoms with van der Waals surface area (Å²) >= 11 is 0. The molecule has 0 heterocycles. The molecule has 0 saturated carbocycles. The Hall–Kier alpha value is 0.576. The maximum absolute atomic E-state index is 9.14. The van der Waals surface area contributed by atoms with Crippen molar-refractivity contribution >= 4 is 11.9 Å². The molecule has 0 rings (SSSR count). The predicted molar refractivity (Wildman–Crippen MR) is 31.5 cm³/mol. The van der Waals surface area contributed by atoms with Gasteiger partial charge in [0.2, 0.25) is 0 Å². The molecule has 0 aromatic rings. The molecular formula is C6H7KMnO4. The van der Waals surface area contributed by atoms with E-state index in [2.05, 4.69) is 13.2 Å². The van der Waals surface area contributed by atoms with Crippen molar-refractivity contribution in [3.8, 4) is 0 Å². The molecule has 0 aliphatic rings. The summed E-state index contributed by atoms with van der Waals surface area (Å²) in [6, 6.07) is 0. The molecule has 0 aliphatic heterocycles. The number of carbonyl (C=O) groups is 2. The second-order valence-electron chi connectivity index (χ2n) is 1.05. The van der Waals surface area contributed by atoms with E-state index >= 15 is 0 Å². The summed E-state index contributed by atoms with van der Waals surface area (Å²) in [5.41, 5.74) is 0. The molecule has 0 saturated heterocycles. The van der Waals surface area contributed by atoms with E-state index in [1.54, 1.807) is 0 Å². The van der Waals surface area contributed by atoms with E-state index in [4.69, 9.17) is 19.8 Å². The first-order valence-corrected chi connectivity index (χ1v) is 2.21. The van der Waals surface area contributed by atoms with Gasteiger partial charge >= 0.3 is 68.5 Å². The molecule has 0 fully saturated rings. The molecule has 0 atom stereocenters. The quantitative estimate of drug-likeness (QED) is 0.355. The zero-order valence-corrected chi connectivity index (χ0v) is 10.9. The monoisotopic (exact) mass is 237 g/mol. The predicted octanol–water partition coefficient (Wildman–Crippen LogP) is -5.04. The Balaban J connectivity index is -0.0000000267. The van der Waals surface area contributed by atoms with Crippen molar-refractivity contribution in [2.75, 3.05) is 0 Å². The van der Waals surface area contributed by atoms with E-state index in [1.165, 1.54) is 0 Å². The van der Waals surface area contributed by atoms with Crippen molar-refractivity contribution in [3.63, 3.8) is 0 Å². The number of aliphatic carboxylic acids is 2. The van der Waals surface area contributed by atoms with Gasteiger partial charge in [-0.05, 0) is 12.2 Å². The smallest absolute Gasteiger partial charge is 1.00 e. The summed E-state index contributed by atoms with van der Waals surface area (Å²) in [4.78, 5) is 18.3. The second-order valence-corrected chi connectivity index (χ2v) is 1.05. The average molecular weight is 237 g/mol. The van der Waals surface area contributed by atoms with Crippen molar-refractivity contribution in [2.45, 2.75) is 0 Å². The van der Waals surface area contributed by atoms with E-state index in [0.29, 0.717) is 0 Å². The number of carboxylic acids is 2. The van der Waals surface area contributed by atoms with Crippen molar-refractivity contribution in [1.82, 2.24) is 0 Å². The SMILES string of the molecule is C=CC(=O)[O-].C=CC(=O)[O-].[H-].[K+].[Mn+2]. The average Bonchev–Trinajstić information content (AvgIpc) is 1.89. The van der Waals surface area contributed by atoms with Gasteiger partial charge in [0, 0.05) is 0 Å². The third-order valence-corrected chi connectivity index (χ3v) is 0.333. The first kappa shape index (κ1) is 22.9. The summed E-state index contributed by atoms with van der Waals surface area (Å²) in [5, 5.41) is 18.3. The number of hydrogen-bond donors (Lipinski definition) is 0. The Morgan fingerprint density at radius 1 is 1.08 bits per heavy atom.